The molecule has 1 atom stereocenters. The highest BCUT2D eigenvalue weighted by Crippen LogP contribution is 2.49. The molecule has 6 rings (SSSR count). The lowest BCUT2D eigenvalue weighted by molar-refractivity contribution is -0.120. The van der Waals surface area contributed by atoms with E-state index in [0.717, 1.165) is 55.0 Å². The Labute approximate surface area is 191 Å². The van der Waals surface area contributed by atoms with Crippen LogP contribution in [0.15, 0.2) is 9.05 Å². The van der Waals surface area contributed by atoms with E-state index in [1.54, 1.807) is 28.8 Å². The zero-order chi connectivity index (χ0) is 22.7. The number of carbonyl (C=O) groups is 2. The van der Waals surface area contributed by atoms with Gasteiger partial charge in [-0.2, -0.15) is 0 Å². The molecule has 0 spiro atoms. The Morgan fingerprint density at radius 2 is 1.52 bits per heavy atom. The van der Waals surface area contributed by atoms with Crippen molar-refractivity contribution in [2.75, 3.05) is 60.7 Å². The van der Waals surface area contributed by atoms with Gasteiger partial charge in [0.1, 0.15) is 11.4 Å². The highest BCUT2D eigenvalue weighted by atomic mass is 16.5. The summed E-state index contributed by atoms with van der Waals surface area (Å²) < 4.78 is 11.2. The summed E-state index contributed by atoms with van der Waals surface area (Å²) in [6, 6.07) is -0.0501. The lowest BCUT2D eigenvalue weighted by Gasteiger charge is -2.19. The van der Waals surface area contributed by atoms with E-state index in [9.17, 15) is 9.59 Å². The molecule has 176 valence electrons. The number of nitrogens with zero attached hydrogens (tertiary/aromatic N) is 5. The molecule has 2 aliphatic heterocycles. The summed E-state index contributed by atoms with van der Waals surface area (Å²) in [5.41, 5.74) is 1.53. The molecule has 2 aromatic rings. The molecule has 4 fully saturated rings. The number of likely N-dealkylation sites (N-methyl/N-ethyl adjacent to an activating group) is 1. The summed E-state index contributed by atoms with van der Waals surface area (Å²) >= 11 is 0. The SMILES string of the molecule is CNc1noc(C2CC2)c1N1CCC(CNc2noc(C3CC3)c2N2CCN(C)C2=O)C1=O. The van der Waals surface area contributed by atoms with Crippen molar-refractivity contribution >= 4 is 34.9 Å². The first-order valence-electron chi connectivity index (χ1n) is 11.8. The molecule has 4 heterocycles. The number of aromatic nitrogens is 2. The maximum Gasteiger partial charge on any atom is 0.324 e. The van der Waals surface area contributed by atoms with Crippen molar-refractivity contribution < 1.29 is 18.6 Å². The van der Waals surface area contributed by atoms with Gasteiger partial charge in [-0.05, 0) is 32.1 Å². The third kappa shape index (κ3) is 3.41. The van der Waals surface area contributed by atoms with Crippen LogP contribution in [-0.4, -0.2) is 67.4 Å². The first kappa shape index (κ1) is 20.4. The number of anilines is 4. The van der Waals surface area contributed by atoms with E-state index in [-0.39, 0.29) is 17.9 Å². The largest absolute Gasteiger partial charge is 0.369 e. The van der Waals surface area contributed by atoms with Crippen LogP contribution in [-0.2, 0) is 4.79 Å². The summed E-state index contributed by atoms with van der Waals surface area (Å²) in [7, 11) is 3.59. The van der Waals surface area contributed by atoms with Crippen molar-refractivity contribution in [3.05, 3.63) is 11.5 Å². The Morgan fingerprint density at radius 3 is 2.09 bits per heavy atom. The van der Waals surface area contributed by atoms with Crippen molar-refractivity contribution in [1.82, 2.24) is 15.2 Å². The van der Waals surface area contributed by atoms with Gasteiger partial charge < -0.3 is 29.5 Å². The third-order valence-electron chi connectivity index (χ3n) is 7.11. The molecule has 2 saturated heterocycles. The summed E-state index contributed by atoms with van der Waals surface area (Å²) in [5.74, 6) is 3.27. The van der Waals surface area contributed by atoms with E-state index in [2.05, 4.69) is 20.9 Å². The van der Waals surface area contributed by atoms with Gasteiger partial charge in [-0.1, -0.05) is 10.3 Å². The van der Waals surface area contributed by atoms with Gasteiger partial charge in [0.05, 0.1) is 5.92 Å². The highest BCUT2D eigenvalue weighted by Gasteiger charge is 2.42. The minimum Gasteiger partial charge on any atom is -0.369 e. The fraction of sp³-hybridized carbons (Fsp3) is 0.636. The third-order valence-corrected chi connectivity index (χ3v) is 7.11. The second-order valence-corrected chi connectivity index (χ2v) is 9.50. The normalized spacial score (nSPS) is 23.2. The van der Waals surface area contributed by atoms with Crippen LogP contribution in [0.1, 0.15) is 55.5 Å². The summed E-state index contributed by atoms with van der Waals surface area (Å²) in [6.45, 7) is 2.32. The monoisotopic (exact) mass is 455 g/mol. The molecule has 0 radical (unpaired) electrons. The van der Waals surface area contributed by atoms with Crippen LogP contribution in [0.25, 0.3) is 0 Å². The Balaban J connectivity index is 1.19. The Hall–Kier alpha value is -3.24. The number of nitrogens with one attached hydrogen (secondary N) is 2. The van der Waals surface area contributed by atoms with Crippen molar-refractivity contribution in [3.8, 4) is 0 Å². The molecule has 0 aromatic carbocycles. The highest BCUT2D eigenvalue weighted by molar-refractivity contribution is 6.01. The molecular formula is C22H29N7O4. The lowest BCUT2D eigenvalue weighted by atomic mass is 10.1. The molecule has 11 heteroatoms. The van der Waals surface area contributed by atoms with E-state index in [1.165, 1.54) is 0 Å². The van der Waals surface area contributed by atoms with E-state index in [4.69, 9.17) is 9.05 Å². The fourth-order valence-corrected chi connectivity index (χ4v) is 4.85. The van der Waals surface area contributed by atoms with Crippen molar-refractivity contribution in [2.45, 2.75) is 43.9 Å². The molecule has 33 heavy (non-hydrogen) atoms. The van der Waals surface area contributed by atoms with Crippen LogP contribution < -0.4 is 20.4 Å². The maximum absolute atomic E-state index is 13.3. The van der Waals surface area contributed by atoms with Crippen LogP contribution in [0, 0.1) is 5.92 Å². The molecule has 0 bridgehead atoms. The number of amides is 3. The molecule has 2 aliphatic carbocycles. The number of carbonyl (C=O) groups excluding carboxylic acids is 2. The first-order chi connectivity index (χ1) is 16.1. The van der Waals surface area contributed by atoms with Crippen LogP contribution in [0.4, 0.5) is 27.8 Å². The van der Waals surface area contributed by atoms with Crippen LogP contribution in [0.3, 0.4) is 0 Å². The summed E-state index contributed by atoms with van der Waals surface area (Å²) in [5, 5.41) is 14.8. The summed E-state index contributed by atoms with van der Waals surface area (Å²) in [4.78, 5) is 31.2. The van der Waals surface area contributed by atoms with Gasteiger partial charge in [-0.25, -0.2) is 4.79 Å². The van der Waals surface area contributed by atoms with E-state index >= 15 is 0 Å². The predicted molar refractivity (Wildman–Crippen MR) is 121 cm³/mol. The molecule has 3 amide bonds. The fourth-order valence-electron chi connectivity index (χ4n) is 4.85. The van der Waals surface area contributed by atoms with Crippen molar-refractivity contribution in [1.29, 1.82) is 0 Å². The standard InChI is InChI=1S/C22H29N7O4/c1-23-19-15(17(32-25-19)12-3-4-12)28-8-7-14(21(28)30)11-24-20-16(18(33-26-20)13-5-6-13)29-10-9-27(2)22(29)31/h12-14H,3-11H2,1-2H3,(H,23,25)(H,24,26). The van der Waals surface area contributed by atoms with E-state index in [0.29, 0.717) is 49.7 Å². The molecular weight excluding hydrogens is 426 g/mol. The average Bonchev–Trinajstić information content (AvgIpc) is 3.70. The van der Waals surface area contributed by atoms with Gasteiger partial charge in [0, 0.05) is 52.1 Å². The maximum atomic E-state index is 13.3. The van der Waals surface area contributed by atoms with E-state index < -0.39 is 0 Å². The average molecular weight is 456 g/mol. The van der Waals surface area contributed by atoms with Gasteiger partial charge >= 0.3 is 6.03 Å². The number of urea groups is 1. The molecule has 11 nitrogen and oxygen atoms in total. The molecule has 2 aromatic heterocycles. The Kier molecular flexibility index (Phi) is 4.73. The Bertz CT molecular complexity index is 1090. The van der Waals surface area contributed by atoms with Gasteiger partial charge in [-0.3, -0.25) is 9.69 Å². The van der Waals surface area contributed by atoms with Gasteiger partial charge in [-0.15, -0.1) is 0 Å². The zero-order valence-electron chi connectivity index (χ0n) is 19.0. The number of rotatable bonds is 8. The minimum absolute atomic E-state index is 0.0496. The first-order valence-corrected chi connectivity index (χ1v) is 11.8. The topological polar surface area (TPSA) is 120 Å². The summed E-state index contributed by atoms with van der Waals surface area (Å²) in [6.07, 6.45) is 4.96. The van der Waals surface area contributed by atoms with Crippen molar-refractivity contribution in [2.24, 2.45) is 5.92 Å². The Morgan fingerprint density at radius 1 is 0.879 bits per heavy atom. The number of hydrogen-bond donors (Lipinski definition) is 2. The van der Waals surface area contributed by atoms with Crippen LogP contribution in [0.2, 0.25) is 0 Å². The predicted octanol–water partition coefficient (Wildman–Crippen LogP) is 2.80. The minimum atomic E-state index is -0.206. The molecule has 4 aliphatic rings. The second-order valence-electron chi connectivity index (χ2n) is 9.50. The number of hydrogen-bond acceptors (Lipinski definition) is 8. The van der Waals surface area contributed by atoms with Gasteiger partial charge in [0.25, 0.3) is 0 Å². The van der Waals surface area contributed by atoms with Gasteiger partial charge in [0.15, 0.2) is 23.2 Å². The smallest absolute Gasteiger partial charge is 0.324 e. The quantitative estimate of drug-likeness (QED) is 0.624. The van der Waals surface area contributed by atoms with Crippen LogP contribution in [0.5, 0.6) is 0 Å². The van der Waals surface area contributed by atoms with Gasteiger partial charge in [0.2, 0.25) is 5.91 Å². The molecule has 1 unspecified atom stereocenters. The molecule has 2 N–H and O–H groups in total. The lowest BCUT2D eigenvalue weighted by Crippen LogP contribution is -2.32. The van der Waals surface area contributed by atoms with Crippen molar-refractivity contribution in [3.63, 3.8) is 0 Å². The second kappa shape index (κ2) is 7.67. The molecule has 2 saturated carbocycles. The van der Waals surface area contributed by atoms with Crippen LogP contribution >= 0.6 is 0 Å². The van der Waals surface area contributed by atoms with E-state index in [1.807, 2.05) is 0 Å². The zero-order valence-corrected chi connectivity index (χ0v) is 19.0.